The van der Waals surface area contributed by atoms with Crippen molar-refractivity contribution >= 4 is 40.3 Å². The molecule has 0 unspecified atom stereocenters. The van der Waals surface area contributed by atoms with Crippen molar-refractivity contribution in [1.82, 2.24) is 14.9 Å². The number of anilines is 1. The number of nitrogens with one attached hydrogen (secondary N) is 3. The van der Waals surface area contributed by atoms with E-state index in [0.29, 0.717) is 28.9 Å². The van der Waals surface area contributed by atoms with Gasteiger partial charge in [-0.3, -0.25) is 9.59 Å². The van der Waals surface area contributed by atoms with Crippen LogP contribution >= 0.6 is 11.8 Å². The van der Waals surface area contributed by atoms with Gasteiger partial charge in [0.25, 0.3) is 0 Å². The maximum atomic E-state index is 12.6. The zero-order valence-electron chi connectivity index (χ0n) is 12.5. The molecule has 3 N–H and O–H groups in total. The number of imidazole rings is 1. The average Bonchev–Trinajstić information content (AvgIpc) is 3.12. The molecule has 23 heavy (non-hydrogen) atoms. The first-order chi connectivity index (χ1) is 11.0. The Morgan fingerprint density at radius 1 is 1.35 bits per heavy atom. The van der Waals surface area contributed by atoms with E-state index in [1.54, 1.807) is 34.9 Å². The van der Waals surface area contributed by atoms with Gasteiger partial charge < -0.3 is 20.2 Å². The Labute approximate surface area is 135 Å². The normalized spacial score (nSPS) is 26.7. The lowest BCUT2D eigenvalue weighted by molar-refractivity contribution is -0.135. The van der Waals surface area contributed by atoms with Crippen LogP contribution in [0, 0.1) is 0 Å². The molecule has 1 aromatic carbocycles. The van der Waals surface area contributed by atoms with Gasteiger partial charge in [0.05, 0.1) is 15.9 Å². The summed E-state index contributed by atoms with van der Waals surface area (Å²) in [5, 5.41) is 2.85. The Morgan fingerprint density at radius 3 is 2.96 bits per heavy atom. The zero-order chi connectivity index (χ0) is 16.2. The summed E-state index contributed by atoms with van der Waals surface area (Å²) in [6, 6.07) is 4.73. The highest BCUT2D eigenvalue weighted by Crippen LogP contribution is 2.47. The molecule has 1 aromatic heterocycles. The molecule has 3 heterocycles. The van der Waals surface area contributed by atoms with Crippen LogP contribution < -0.4 is 11.0 Å². The van der Waals surface area contributed by atoms with Crippen LogP contribution in [0.15, 0.2) is 23.0 Å². The Bertz CT molecular complexity index is 873. The quantitative estimate of drug-likeness (QED) is 0.771. The highest BCUT2D eigenvalue weighted by molar-refractivity contribution is 8.01. The molecule has 120 valence electrons. The molecular formula is C15H16N4O3S. The summed E-state index contributed by atoms with van der Waals surface area (Å²) in [6.45, 7) is 2.02. The van der Waals surface area contributed by atoms with Crippen molar-refractivity contribution in [3.8, 4) is 0 Å². The summed E-state index contributed by atoms with van der Waals surface area (Å²) in [5.41, 5.74) is 1.64. The minimum absolute atomic E-state index is 0.0445. The van der Waals surface area contributed by atoms with Crippen molar-refractivity contribution in [3.05, 3.63) is 28.7 Å². The van der Waals surface area contributed by atoms with E-state index in [9.17, 15) is 14.4 Å². The molecule has 0 saturated carbocycles. The summed E-state index contributed by atoms with van der Waals surface area (Å²) in [5.74, 6) is 0.467. The van der Waals surface area contributed by atoms with E-state index in [4.69, 9.17) is 0 Å². The van der Waals surface area contributed by atoms with Gasteiger partial charge in [0.15, 0.2) is 0 Å². The Balaban J connectivity index is 1.57. The molecule has 0 aliphatic carbocycles. The number of benzene rings is 1. The second-order valence-corrected chi connectivity index (χ2v) is 7.60. The lowest BCUT2D eigenvalue weighted by Crippen LogP contribution is -2.48. The SMILES string of the molecule is C[C@]12CCC(=O)N1[C@H](C(=O)Nc1ccc3[nH]c(=O)[nH]c3c1)CS2. The molecule has 0 spiro atoms. The predicted molar refractivity (Wildman–Crippen MR) is 88.3 cm³/mol. The molecule has 0 bridgehead atoms. The van der Waals surface area contributed by atoms with Crippen LogP contribution in [-0.2, 0) is 9.59 Å². The number of carbonyl (C=O) groups excluding carboxylic acids is 2. The molecule has 2 saturated heterocycles. The van der Waals surface area contributed by atoms with Crippen LogP contribution in [0.3, 0.4) is 0 Å². The Kier molecular flexibility index (Phi) is 3.06. The summed E-state index contributed by atoms with van der Waals surface area (Å²) >= 11 is 1.66. The van der Waals surface area contributed by atoms with Crippen LogP contribution in [0.25, 0.3) is 11.0 Å². The highest BCUT2D eigenvalue weighted by Gasteiger charge is 2.52. The second kappa shape index (κ2) is 4.89. The first-order valence-corrected chi connectivity index (χ1v) is 8.44. The van der Waals surface area contributed by atoms with E-state index < -0.39 is 6.04 Å². The summed E-state index contributed by atoms with van der Waals surface area (Å²) in [6.07, 6.45) is 1.29. The van der Waals surface area contributed by atoms with E-state index >= 15 is 0 Å². The minimum atomic E-state index is -0.444. The monoisotopic (exact) mass is 332 g/mol. The maximum absolute atomic E-state index is 12.6. The number of hydrogen-bond acceptors (Lipinski definition) is 4. The van der Waals surface area contributed by atoms with E-state index in [1.807, 2.05) is 6.92 Å². The summed E-state index contributed by atoms with van der Waals surface area (Å²) in [7, 11) is 0. The van der Waals surface area contributed by atoms with Crippen molar-refractivity contribution in [2.75, 3.05) is 11.1 Å². The van der Waals surface area contributed by atoms with Crippen molar-refractivity contribution in [3.63, 3.8) is 0 Å². The molecule has 2 fully saturated rings. The molecule has 7 nitrogen and oxygen atoms in total. The molecule has 8 heteroatoms. The second-order valence-electron chi connectivity index (χ2n) is 6.09. The number of carbonyl (C=O) groups is 2. The number of thioether (sulfide) groups is 1. The molecule has 0 radical (unpaired) electrons. The van der Waals surface area contributed by atoms with Crippen molar-refractivity contribution in [2.24, 2.45) is 0 Å². The first kappa shape index (κ1) is 14.4. The zero-order valence-corrected chi connectivity index (χ0v) is 13.3. The lowest BCUT2D eigenvalue weighted by Gasteiger charge is -2.29. The molecule has 2 aliphatic rings. The molecule has 2 atom stereocenters. The number of amides is 2. The maximum Gasteiger partial charge on any atom is 0.323 e. The van der Waals surface area contributed by atoms with Gasteiger partial charge in [-0.1, -0.05) is 0 Å². The van der Waals surface area contributed by atoms with Crippen molar-refractivity contribution < 1.29 is 9.59 Å². The predicted octanol–water partition coefficient (Wildman–Crippen LogP) is 1.25. The Hall–Kier alpha value is -2.22. The fraction of sp³-hybridized carbons (Fsp3) is 0.400. The van der Waals surface area contributed by atoms with E-state index in [1.165, 1.54) is 0 Å². The standard InChI is InChI=1S/C15H16N4O3S/c1-15-5-4-12(20)19(15)11(7-23-15)13(21)16-8-2-3-9-10(6-8)18-14(22)17-9/h2-3,6,11H,4-5,7H2,1H3,(H,16,21)(H2,17,18,22)/t11-,15-/m0/s1. The number of rotatable bonds is 2. The summed E-state index contributed by atoms with van der Waals surface area (Å²) in [4.78, 5) is 42.8. The fourth-order valence-electron chi connectivity index (χ4n) is 3.35. The number of fused-ring (bicyclic) bond motifs is 2. The summed E-state index contributed by atoms with van der Waals surface area (Å²) < 4.78 is 0. The fourth-order valence-corrected chi connectivity index (χ4v) is 4.78. The molecule has 2 aromatic rings. The molecule has 2 amide bonds. The Morgan fingerprint density at radius 2 is 2.13 bits per heavy atom. The third-order valence-corrected chi connectivity index (χ3v) is 6.04. The minimum Gasteiger partial charge on any atom is -0.324 e. The number of aromatic nitrogens is 2. The number of nitrogens with zero attached hydrogens (tertiary/aromatic N) is 1. The lowest BCUT2D eigenvalue weighted by atomic mass is 10.2. The van der Waals surface area contributed by atoms with Gasteiger partial charge in [0, 0.05) is 17.9 Å². The molecule has 2 aliphatic heterocycles. The highest BCUT2D eigenvalue weighted by atomic mass is 32.2. The first-order valence-electron chi connectivity index (χ1n) is 7.45. The van der Waals surface area contributed by atoms with Crippen molar-refractivity contribution in [2.45, 2.75) is 30.7 Å². The van der Waals surface area contributed by atoms with Gasteiger partial charge in [-0.05, 0) is 31.5 Å². The third kappa shape index (κ3) is 2.24. The van der Waals surface area contributed by atoms with Gasteiger partial charge in [0.2, 0.25) is 11.8 Å². The number of aromatic amines is 2. The molecular weight excluding hydrogens is 316 g/mol. The van der Waals surface area contributed by atoms with Gasteiger partial charge in [-0.15, -0.1) is 11.8 Å². The van der Waals surface area contributed by atoms with Gasteiger partial charge in [0.1, 0.15) is 6.04 Å². The number of H-pyrrole nitrogens is 2. The van der Waals surface area contributed by atoms with Gasteiger partial charge in [-0.25, -0.2) is 4.79 Å². The average molecular weight is 332 g/mol. The van der Waals surface area contributed by atoms with Crippen LogP contribution in [0.5, 0.6) is 0 Å². The smallest absolute Gasteiger partial charge is 0.323 e. The third-order valence-electron chi connectivity index (χ3n) is 4.53. The van der Waals surface area contributed by atoms with E-state index in [2.05, 4.69) is 15.3 Å². The van der Waals surface area contributed by atoms with Crippen molar-refractivity contribution in [1.29, 1.82) is 0 Å². The van der Waals surface area contributed by atoms with E-state index in [-0.39, 0.29) is 22.4 Å². The van der Waals surface area contributed by atoms with Crippen LogP contribution in [0.2, 0.25) is 0 Å². The van der Waals surface area contributed by atoms with Crippen LogP contribution in [0.1, 0.15) is 19.8 Å². The van der Waals surface area contributed by atoms with Crippen LogP contribution in [-0.4, -0.2) is 43.3 Å². The van der Waals surface area contributed by atoms with Crippen LogP contribution in [0.4, 0.5) is 5.69 Å². The largest absolute Gasteiger partial charge is 0.324 e. The van der Waals surface area contributed by atoms with Gasteiger partial charge >= 0.3 is 5.69 Å². The topological polar surface area (TPSA) is 98.1 Å². The van der Waals surface area contributed by atoms with Gasteiger partial charge in [-0.2, -0.15) is 0 Å². The number of hydrogen-bond donors (Lipinski definition) is 3. The molecule has 4 rings (SSSR count). The van der Waals surface area contributed by atoms with E-state index in [0.717, 1.165) is 6.42 Å².